The SMILES string of the molecule is COCCOC(=O)C1=C(C)N=c2s/c(=C\c3ccccc3)c(=O)n2[C@H]1c1ccccc1Cl. The number of hydrogen-bond donors (Lipinski definition) is 0. The van der Waals surface area contributed by atoms with Crippen molar-refractivity contribution < 1.29 is 14.3 Å². The van der Waals surface area contributed by atoms with Gasteiger partial charge in [0, 0.05) is 12.1 Å². The Hall–Kier alpha value is -3.00. The van der Waals surface area contributed by atoms with Crippen LogP contribution in [0.4, 0.5) is 0 Å². The molecule has 0 aliphatic carbocycles. The average molecular weight is 469 g/mol. The van der Waals surface area contributed by atoms with Crippen LogP contribution in [-0.4, -0.2) is 30.9 Å². The van der Waals surface area contributed by atoms with Crippen molar-refractivity contribution in [2.24, 2.45) is 4.99 Å². The van der Waals surface area contributed by atoms with E-state index in [0.717, 1.165) is 5.56 Å². The first-order valence-electron chi connectivity index (χ1n) is 9.99. The number of allylic oxidation sites excluding steroid dienone is 1. The summed E-state index contributed by atoms with van der Waals surface area (Å²) in [5, 5.41) is 0.451. The summed E-state index contributed by atoms with van der Waals surface area (Å²) >= 11 is 7.79. The molecule has 0 saturated carbocycles. The van der Waals surface area contributed by atoms with E-state index in [4.69, 9.17) is 21.1 Å². The molecule has 0 unspecified atom stereocenters. The summed E-state index contributed by atoms with van der Waals surface area (Å²) in [4.78, 5) is 31.6. The second-order valence-corrected chi connectivity index (χ2v) is 8.56. The molecule has 1 aliphatic heterocycles. The number of rotatable bonds is 6. The van der Waals surface area contributed by atoms with Crippen molar-refractivity contribution >= 4 is 35.0 Å². The van der Waals surface area contributed by atoms with Crippen LogP contribution < -0.4 is 14.9 Å². The van der Waals surface area contributed by atoms with Gasteiger partial charge < -0.3 is 9.47 Å². The van der Waals surface area contributed by atoms with Gasteiger partial charge in [-0.3, -0.25) is 9.36 Å². The first kappa shape index (κ1) is 22.2. The van der Waals surface area contributed by atoms with Gasteiger partial charge in [0.2, 0.25) is 0 Å². The third-order valence-electron chi connectivity index (χ3n) is 5.06. The van der Waals surface area contributed by atoms with E-state index in [0.29, 0.717) is 25.6 Å². The predicted octanol–water partition coefficient (Wildman–Crippen LogP) is 3.08. The summed E-state index contributed by atoms with van der Waals surface area (Å²) in [6.45, 7) is 2.11. The lowest BCUT2D eigenvalue weighted by Crippen LogP contribution is -2.40. The Bertz CT molecular complexity index is 1360. The number of hydrogen-bond acceptors (Lipinski definition) is 6. The Morgan fingerprint density at radius 3 is 2.59 bits per heavy atom. The fourth-order valence-corrected chi connectivity index (χ4v) is 4.86. The maximum absolute atomic E-state index is 13.5. The van der Waals surface area contributed by atoms with Crippen molar-refractivity contribution in [3.63, 3.8) is 0 Å². The predicted molar refractivity (Wildman–Crippen MR) is 124 cm³/mol. The van der Waals surface area contributed by atoms with Gasteiger partial charge in [0.25, 0.3) is 5.56 Å². The maximum atomic E-state index is 13.5. The molecule has 164 valence electrons. The number of nitrogens with zero attached hydrogens (tertiary/aromatic N) is 2. The molecule has 2 aromatic carbocycles. The van der Waals surface area contributed by atoms with Gasteiger partial charge in [0.05, 0.1) is 22.4 Å². The van der Waals surface area contributed by atoms with Crippen LogP contribution >= 0.6 is 22.9 Å². The van der Waals surface area contributed by atoms with Crippen LogP contribution in [0.1, 0.15) is 24.1 Å². The fourth-order valence-electron chi connectivity index (χ4n) is 3.57. The van der Waals surface area contributed by atoms with Gasteiger partial charge in [-0.15, -0.1) is 0 Å². The first-order valence-corrected chi connectivity index (χ1v) is 11.2. The molecule has 0 amide bonds. The number of aromatic nitrogens is 1. The van der Waals surface area contributed by atoms with Crippen LogP contribution in [-0.2, 0) is 14.3 Å². The van der Waals surface area contributed by atoms with Gasteiger partial charge in [0.15, 0.2) is 4.80 Å². The average Bonchev–Trinajstić information content (AvgIpc) is 3.08. The Kier molecular flexibility index (Phi) is 6.69. The summed E-state index contributed by atoms with van der Waals surface area (Å²) in [6.07, 6.45) is 1.82. The molecule has 6 nitrogen and oxygen atoms in total. The molecule has 0 spiro atoms. The van der Waals surface area contributed by atoms with Crippen LogP contribution in [0.2, 0.25) is 5.02 Å². The maximum Gasteiger partial charge on any atom is 0.338 e. The highest BCUT2D eigenvalue weighted by Gasteiger charge is 2.34. The van der Waals surface area contributed by atoms with Gasteiger partial charge in [-0.25, -0.2) is 9.79 Å². The lowest BCUT2D eigenvalue weighted by atomic mass is 9.96. The molecule has 4 rings (SSSR count). The number of esters is 1. The van der Waals surface area contributed by atoms with E-state index in [9.17, 15) is 9.59 Å². The smallest absolute Gasteiger partial charge is 0.338 e. The van der Waals surface area contributed by atoms with Gasteiger partial charge in [-0.2, -0.15) is 0 Å². The number of fused-ring (bicyclic) bond motifs is 1. The summed E-state index contributed by atoms with van der Waals surface area (Å²) in [7, 11) is 1.53. The highest BCUT2D eigenvalue weighted by Crippen LogP contribution is 2.34. The van der Waals surface area contributed by atoms with Crippen molar-refractivity contribution in [1.29, 1.82) is 0 Å². The van der Waals surface area contributed by atoms with Gasteiger partial charge in [-0.05, 0) is 30.2 Å². The van der Waals surface area contributed by atoms with E-state index < -0.39 is 12.0 Å². The van der Waals surface area contributed by atoms with Crippen LogP contribution in [0.25, 0.3) is 6.08 Å². The van der Waals surface area contributed by atoms with Gasteiger partial charge >= 0.3 is 5.97 Å². The van der Waals surface area contributed by atoms with Crippen molar-refractivity contribution in [1.82, 2.24) is 4.57 Å². The minimum absolute atomic E-state index is 0.0970. The Labute approximate surface area is 193 Å². The second kappa shape index (κ2) is 9.65. The zero-order chi connectivity index (χ0) is 22.7. The number of thiazole rings is 1. The first-order chi connectivity index (χ1) is 15.5. The normalized spacial score (nSPS) is 16.0. The summed E-state index contributed by atoms with van der Waals surface area (Å²) < 4.78 is 12.4. The minimum Gasteiger partial charge on any atom is -0.460 e. The van der Waals surface area contributed by atoms with E-state index in [1.165, 1.54) is 23.0 Å². The molecule has 1 aliphatic rings. The van der Waals surface area contributed by atoms with E-state index >= 15 is 0 Å². The zero-order valence-electron chi connectivity index (χ0n) is 17.6. The summed E-state index contributed by atoms with van der Waals surface area (Å²) in [6, 6.07) is 16.0. The molecule has 2 heterocycles. The van der Waals surface area contributed by atoms with E-state index in [1.807, 2.05) is 48.5 Å². The lowest BCUT2D eigenvalue weighted by Gasteiger charge is -2.25. The molecule has 0 N–H and O–H groups in total. The molecule has 0 fully saturated rings. The Balaban J connectivity index is 1.91. The van der Waals surface area contributed by atoms with E-state index in [1.54, 1.807) is 19.1 Å². The molecule has 3 aromatic rings. The highest BCUT2D eigenvalue weighted by molar-refractivity contribution is 7.07. The second-order valence-electron chi connectivity index (χ2n) is 7.14. The van der Waals surface area contributed by atoms with Crippen LogP contribution in [0.3, 0.4) is 0 Å². The molecule has 32 heavy (non-hydrogen) atoms. The fraction of sp³-hybridized carbons (Fsp3) is 0.208. The molecular weight excluding hydrogens is 448 g/mol. The van der Waals surface area contributed by atoms with Gasteiger partial charge in [-0.1, -0.05) is 71.5 Å². The summed E-state index contributed by atoms with van der Waals surface area (Å²) in [5.41, 5.74) is 2.08. The summed E-state index contributed by atoms with van der Waals surface area (Å²) in [5.74, 6) is -0.550. The van der Waals surface area contributed by atoms with E-state index in [-0.39, 0.29) is 24.3 Å². The Morgan fingerprint density at radius 2 is 1.88 bits per heavy atom. The largest absolute Gasteiger partial charge is 0.460 e. The third kappa shape index (κ3) is 4.32. The van der Waals surface area contributed by atoms with Gasteiger partial charge in [0.1, 0.15) is 12.6 Å². The lowest BCUT2D eigenvalue weighted by molar-refractivity contribution is -0.140. The molecule has 0 bridgehead atoms. The van der Waals surface area contributed by atoms with Crippen LogP contribution in [0.5, 0.6) is 0 Å². The quantitative estimate of drug-likeness (QED) is 0.412. The van der Waals surface area contributed by atoms with Crippen molar-refractivity contribution in [3.8, 4) is 0 Å². The topological polar surface area (TPSA) is 69.9 Å². The standard InChI is InChI=1S/C24H21ClN2O4S/c1-15-20(23(29)31-13-12-30-2)21(17-10-6-7-11-18(17)25)27-22(28)19(32-24(27)26-15)14-16-8-4-3-5-9-16/h3-11,14,21H,12-13H2,1-2H3/b19-14-/t21-/m0/s1. The van der Waals surface area contributed by atoms with Crippen LogP contribution in [0, 0.1) is 0 Å². The van der Waals surface area contributed by atoms with Crippen LogP contribution in [0.15, 0.2) is 75.7 Å². The molecule has 0 saturated heterocycles. The molecular formula is C24H21ClN2O4S. The number of carbonyl (C=O) groups is 1. The monoisotopic (exact) mass is 468 g/mol. The zero-order valence-corrected chi connectivity index (χ0v) is 19.2. The van der Waals surface area contributed by atoms with Crippen molar-refractivity contribution in [2.75, 3.05) is 20.3 Å². The van der Waals surface area contributed by atoms with Crippen molar-refractivity contribution in [2.45, 2.75) is 13.0 Å². The number of carbonyl (C=O) groups excluding carboxylic acids is 1. The highest BCUT2D eigenvalue weighted by atomic mass is 35.5. The molecule has 1 atom stereocenters. The number of halogens is 1. The molecule has 1 aromatic heterocycles. The number of ether oxygens (including phenoxy) is 2. The van der Waals surface area contributed by atoms with Crippen molar-refractivity contribution in [3.05, 3.63) is 102 Å². The third-order valence-corrected chi connectivity index (χ3v) is 6.39. The minimum atomic E-state index is -0.743. The Morgan fingerprint density at radius 1 is 1.16 bits per heavy atom. The molecule has 8 heteroatoms. The molecule has 0 radical (unpaired) electrons. The van der Waals surface area contributed by atoms with E-state index in [2.05, 4.69) is 4.99 Å². The number of benzene rings is 2. The number of methoxy groups -OCH3 is 1.